The first kappa shape index (κ1) is 35.7. The van der Waals surface area contributed by atoms with Gasteiger partial charge in [-0.1, -0.05) is 38.0 Å². The van der Waals surface area contributed by atoms with Gasteiger partial charge in [0.15, 0.2) is 5.71 Å². The number of unbranched alkanes of at least 4 members (excludes halogenated alkanes) is 2. The van der Waals surface area contributed by atoms with Gasteiger partial charge in [0.25, 0.3) is 0 Å². The molecule has 0 aromatic heterocycles. The Labute approximate surface area is 270 Å². The number of rotatable bonds is 13. The Balaban J connectivity index is 1.65. The van der Waals surface area contributed by atoms with Gasteiger partial charge in [-0.3, -0.25) is 13.9 Å². The average molecular weight is 672 g/mol. The number of benzene rings is 2. The van der Waals surface area contributed by atoms with Crippen molar-refractivity contribution in [2.75, 3.05) is 11.9 Å². The van der Waals surface area contributed by atoms with Gasteiger partial charge in [0, 0.05) is 40.9 Å². The van der Waals surface area contributed by atoms with Gasteiger partial charge in [-0.2, -0.15) is 4.58 Å². The summed E-state index contributed by atoms with van der Waals surface area (Å²) in [6.07, 6.45) is 13.0. The highest BCUT2D eigenvalue weighted by Gasteiger charge is 2.45. The molecule has 1 unspecified atom stereocenters. The smallest absolute Gasteiger partial charge is 0.356 e. The normalized spacial score (nSPS) is 20.2. The first-order chi connectivity index (χ1) is 21.5. The van der Waals surface area contributed by atoms with E-state index in [1.807, 2.05) is 58.1 Å². The minimum Gasteiger partial charge on any atom is -0.481 e. The lowest BCUT2D eigenvalue weighted by Gasteiger charge is -2.29. The molecule has 2 aromatic rings. The van der Waals surface area contributed by atoms with Crippen LogP contribution in [0.1, 0.15) is 83.4 Å². The van der Waals surface area contributed by atoms with Crippen molar-refractivity contribution in [1.29, 1.82) is 0 Å². The predicted molar refractivity (Wildman–Crippen MR) is 182 cm³/mol. The maximum Gasteiger partial charge on any atom is 0.356 e. The molecule has 6 N–H and O–H groups in total. The highest BCUT2D eigenvalue weighted by molar-refractivity contribution is 7.60. The van der Waals surface area contributed by atoms with E-state index >= 15 is 0 Å². The Hall–Kier alpha value is -3.10. The molecule has 46 heavy (non-hydrogen) atoms. The highest BCUT2D eigenvalue weighted by Crippen LogP contribution is 2.50. The van der Waals surface area contributed by atoms with Gasteiger partial charge < -0.3 is 30.0 Å². The molecule has 0 saturated carbocycles. The van der Waals surface area contributed by atoms with Crippen LogP contribution in [-0.4, -0.2) is 47.5 Å². The van der Waals surface area contributed by atoms with E-state index in [4.69, 9.17) is 5.11 Å². The zero-order chi connectivity index (χ0) is 34.1. The maximum absolute atomic E-state index is 12.4. The summed E-state index contributed by atoms with van der Waals surface area (Å²) in [6, 6.07) is 8.09. The van der Waals surface area contributed by atoms with Crippen molar-refractivity contribution in [3.8, 4) is 0 Å². The second-order valence-electron chi connectivity index (χ2n) is 12.6. The van der Waals surface area contributed by atoms with E-state index < -0.39 is 32.0 Å². The molecule has 0 aliphatic carbocycles. The van der Waals surface area contributed by atoms with E-state index in [0.29, 0.717) is 31.4 Å². The Kier molecular flexibility index (Phi) is 10.5. The average Bonchev–Trinajstić information content (AvgIpc) is 3.37. The van der Waals surface area contributed by atoms with Crippen LogP contribution in [0.4, 0.5) is 11.4 Å². The Morgan fingerprint density at radius 2 is 1.65 bits per heavy atom. The van der Waals surface area contributed by atoms with Crippen molar-refractivity contribution in [1.82, 2.24) is 0 Å². The summed E-state index contributed by atoms with van der Waals surface area (Å²) >= 11 is 0. The van der Waals surface area contributed by atoms with Gasteiger partial charge in [0.1, 0.15) is 6.54 Å². The molecule has 2 aromatic carbocycles. The second-order valence-corrected chi connectivity index (χ2v) is 15.8. The zero-order valence-corrected chi connectivity index (χ0v) is 28.8. The van der Waals surface area contributed by atoms with Crippen LogP contribution < -0.4 is 15.9 Å². The number of nitrogens with one attached hydrogen (secondary N) is 1. The quantitative estimate of drug-likeness (QED) is 0.0681. The molecule has 12 heteroatoms. The van der Waals surface area contributed by atoms with Crippen LogP contribution in [0.15, 0.2) is 66.4 Å². The summed E-state index contributed by atoms with van der Waals surface area (Å²) in [5, 5.41) is 12.6. The van der Waals surface area contributed by atoms with E-state index in [0.717, 1.165) is 46.8 Å². The molecule has 0 spiro atoms. The molecular weight excluding hydrogens is 626 g/mol. The number of carboxylic acid groups (broad SMARTS) is 1. The predicted octanol–water partition coefficient (Wildman–Crippen LogP) is 5.67. The molecule has 248 valence electrons. The minimum absolute atomic E-state index is 0.00117. The van der Waals surface area contributed by atoms with Crippen molar-refractivity contribution >= 4 is 48.9 Å². The molecule has 2 aliphatic rings. The molecule has 0 radical (unpaired) electrons. The number of hydrogen-bond acceptors (Lipinski definition) is 4. The number of allylic oxidation sites excluding steroid dienone is 6. The van der Waals surface area contributed by atoms with Crippen LogP contribution in [0, 0.1) is 0 Å². The van der Waals surface area contributed by atoms with E-state index in [9.17, 15) is 33.5 Å². The van der Waals surface area contributed by atoms with E-state index in [1.165, 1.54) is 12.1 Å². The van der Waals surface area contributed by atoms with Crippen molar-refractivity contribution in [3.05, 3.63) is 83.1 Å². The molecule has 0 fully saturated rings. The zero-order valence-electron chi connectivity index (χ0n) is 27.0. The minimum atomic E-state index is -4.50. The number of fused-ring (bicyclic) bond motifs is 2. The number of hydrogen-bond donors (Lipinski definition) is 6. The van der Waals surface area contributed by atoms with Gasteiger partial charge in [0.2, 0.25) is 5.69 Å². The molecular formula is C34H45N2O8P2+. The molecule has 2 heterocycles. The van der Waals surface area contributed by atoms with Gasteiger partial charge in [-0.05, 0) is 88.4 Å². The summed E-state index contributed by atoms with van der Waals surface area (Å²) in [6.45, 7) is 10.7. The fraction of sp³-hybridized carbons (Fsp3) is 0.412. The summed E-state index contributed by atoms with van der Waals surface area (Å²) in [5.41, 5.74) is 4.94. The maximum atomic E-state index is 12.4. The lowest BCUT2D eigenvalue weighted by atomic mass is 9.74. The van der Waals surface area contributed by atoms with Crippen molar-refractivity contribution in [3.63, 3.8) is 0 Å². The van der Waals surface area contributed by atoms with Crippen LogP contribution >= 0.6 is 15.2 Å². The number of nitrogens with zero attached hydrogens (tertiary/aromatic N) is 1. The molecule has 2 aliphatic heterocycles. The highest BCUT2D eigenvalue weighted by atomic mass is 31.2. The van der Waals surface area contributed by atoms with Gasteiger partial charge in [-0.25, -0.2) is 0 Å². The van der Waals surface area contributed by atoms with Crippen LogP contribution in [0.5, 0.6) is 0 Å². The monoisotopic (exact) mass is 671 g/mol. The standard InChI is InChI=1S/C34H44N2O8P2/c1-6-24-28(46(42,43)44)20-18-26-32(24)34(5,21-13-9-12-16-31(37)38)29(35-26)14-10-8-11-15-30-33(3,4)25-22-23(45(39,40)41)17-19-27(25)36(30)7-2/h8,10-11,14-15,17-20,22H,6-7,9,12-13,16,21H2,1-5H3,(H5,37,38,39,40,41,42,43,44)/p+1. The first-order valence-corrected chi connectivity index (χ1v) is 18.8. The van der Waals surface area contributed by atoms with Crippen molar-refractivity contribution < 1.29 is 43.2 Å². The van der Waals surface area contributed by atoms with Crippen molar-refractivity contribution in [2.45, 2.75) is 84.0 Å². The lowest BCUT2D eigenvalue weighted by molar-refractivity contribution is -0.433. The van der Waals surface area contributed by atoms with Gasteiger partial charge in [-0.15, -0.1) is 0 Å². The van der Waals surface area contributed by atoms with Crippen LogP contribution in [0.3, 0.4) is 0 Å². The fourth-order valence-corrected chi connectivity index (χ4v) is 8.34. The Bertz CT molecular complexity index is 1750. The SMILES string of the molecule is CCc1c(P(=O)(O)O)ccc2c1C(C)(CCCCCC(=O)O)C(=CC=CC=CC1=[N+](CC)c3ccc(P(=O)(O)O)cc3C1(C)C)N2. The lowest BCUT2D eigenvalue weighted by Crippen LogP contribution is -2.28. The van der Waals surface area contributed by atoms with Gasteiger partial charge >= 0.3 is 21.2 Å². The number of carbonyl (C=O) groups is 1. The summed E-state index contributed by atoms with van der Waals surface area (Å²) in [5.74, 6) is -0.826. The third-order valence-electron chi connectivity index (χ3n) is 9.21. The van der Waals surface area contributed by atoms with E-state index in [2.05, 4.69) is 16.8 Å². The molecule has 10 nitrogen and oxygen atoms in total. The second kappa shape index (κ2) is 13.6. The van der Waals surface area contributed by atoms with Crippen LogP contribution in [0.25, 0.3) is 0 Å². The molecule has 4 rings (SSSR count). The first-order valence-electron chi connectivity index (χ1n) is 15.6. The summed E-state index contributed by atoms with van der Waals surface area (Å²) in [4.78, 5) is 50.7. The topological polar surface area (TPSA) is 167 Å². The fourth-order valence-electron chi connectivity index (χ4n) is 6.88. The summed E-state index contributed by atoms with van der Waals surface area (Å²) < 4.78 is 26.5. The van der Waals surface area contributed by atoms with E-state index in [-0.39, 0.29) is 17.0 Å². The third kappa shape index (κ3) is 7.08. The van der Waals surface area contributed by atoms with Gasteiger partial charge in [0.05, 0.1) is 16.0 Å². The third-order valence-corrected chi connectivity index (χ3v) is 11.2. The molecule has 0 amide bonds. The largest absolute Gasteiger partial charge is 0.481 e. The Morgan fingerprint density at radius 1 is 0.935 bits per heavy atom. The molecule has 1 atom stereocenters. The van der Waals surface area contributed by atoms with Crippen molar-refractivity contribution in [2.24, 2.45) is 0 Å². The molecule has 0 bridgehead atoms. The molecule has 0 saturated heterocycles. The Morgan fingerprint density at radius 3 is 2.26 bits per heavy atom. The van der Waals surface area contributed by atoms with Crippen LogP contribution in [-0.2, 0) is 31.2 Å². The number of aliphatic carboxylic acids is 1. The number of carboxylic acids is 1. The summed E-state index contributed by atoms with van der Waals surface area (Å²) in [7, 11) is -8.89. The van der Waals surface area contributed by atoms with Crippen LogP contribution in [0.2, 0.25) is 0 Å². The van der Waals surface area contributed by atoms with E-state index in [1.54, 1.807) is 18.2 Å². The number of anilines is 1.